The molecule has 0 amide bonds. The molecule has 0 radical (unpaired) electrons. The van der Waals surface area contributed by atoms with Gasteiger partial charge in [-0.2, -0.15) is 0 Å². The Morgan fingerprint density at radius 1 is 1.69 bits per heavy atom. The van der Waals surface area contributed by atoms with E-state index < -0.39 is 5.60 Å². The molecule has 0 aliphatic carbocycles. The molecule has 0 spiro atoms. The lowest BCUT2D eigenvalue weighted by Crippen LogP contribution is -2.54. The van der Waals surface area contributed by atoms with Gasteiger partial charge in [-0.15, -0.1) is 0 Å². The predicted molar refractivity (Wildman–Crippen MR) is 50.3 cm³/mol. The zero-order valence-electron chi connectivity index (χ0n) is 8.05. The molecule has 2 heterocycles. The fraction of sp³-hybridized carbons (Fsp3) is 0.800. The Hall–Kier alpha value is -0.540. The van der Waals surface area contributed by atoms with Crippen LogP contribution in [0.25, 0.3) is 0 Å². The number of nitrogens with one attached hydrogen (secondary N) is 1. The highest BCUT2D eigenvalue weighted by Gasteiger charge is 2.41. The van der Waals surface area contributed by atoms with E-state index in [2.05, 4.69) is 5.32 Å². The third kappa shape index (κ3) is 1.46. The van der Waals surface area contributed by atoms with Gasteiger partial charge in [0.15, 0.2) is 0 Å². The van der Waals surface area contributed by atoms with Crippen LogP contribution in [0.5, 0.6) is 0 Å². The van der Waals surface area contributed by atoms with E-state index in [-0.39, 0.29) is 6.04 Å². The van der Waals surface area contributed by atoms with Crippen LogP contribution >= 0.6 is 0 Å². The summed E-state index contributed by atoms with van der Waals surface area (Å²) in [6.07, 6.45) is 4.78. The highest BCUT2D eigenvalue weighted by molar-refractivity contribution is 5.17. The molecule has 3 nitrogen and oxygen atoms in total. The van der Waals surface area contributed by atoms with Gasteiger partial charge in [-0.3, -0.25) is 0 Å². The van der Waals surface area contributed by atoms with Crippen LogP contribution in [0.2, 0.25) is 0 Å². The first-order valence-corrected chi connectivity index (χ1v) is 5.03. The van der Waals surface area contributed by atoms with Crippen molar-refractivity contribution < 1.29 is 9.84 Å². The maximum Gasteiger partial charge on any atom is 0.136 e. The standard InChI is InChI=1S/C10H17NO2/c1-8-10(12,5-3-6-11-8)9-4-2-7-13-9/h4,8,11-12H,2-3,5-7H2,1H3. The maximum atomic E-state index is 10.4. The molecule has 13 heavy (non-hydrogen) atoms. The van der Waals surface area contributed by atoms with E-state index in [9.17, 15) is 5.11 Å². The van der Waals surface area contributed by atoms with Crippen molar-refractivity contribution in [3.8, 4) is 0 Å². The lowest BCUT2D eigenvalue weighted by atomic mass is 9.85. The summed E-state index contributed by atoms with van der Waals surface area (Å²) in [6.45, 7) is 3.74. The molecular weight excluding hydrogens is 166 g/mol. The summed E-state index contributed by atoms with van der Waals surface area (Å²) >= 11 is 0. The summed E-state index contributed by atoms with van der Waals surface area (Å²) in [6, 6.07) is 0.102. The smallest absolute Gasteiger partial charge is 0.136 e. The molecule has 0 saturated carbocycles. The van der Waals surface area contributed by atoms with Crippen molar-refractivity contribution in [3.63, 3.8) is 0 Å². The number of ether oxygens (including phenoxy) is 1. The van der Waals surface area contributed by atoms with E-state index in [0.717, 1.165) is 38.2 Å². The lowest BCUT2D eigenvalue weighted by Gasteiger charge is -2.38. The quantitative estimate of drug-likeness (QED) is 0.631. The monoisotopic (exact) mass is 183 g/mol. The lowest BCUT2D eigenvalue weighted by molar-refractivity contribution is -0.0275. The van der Waals surface area contributed by atoms with Crippen LogP contribution in [0.15, 0.2) is 11.8 Å². The molecule has 1 fully saturated rings. The van der Waals surface area contributed by atoms with Crippen LogP contribution in [0.3, 0.4) is 0 Å². The Labute approximate surface area is 78.8 Å². The molecule has 0 aromatic rings. The molecule has 0 bridgehead atoms. The maximum absolute atomic E-state index is 10.4. The molecule has 74 valence electrons. The molecule has 2 aliphatic rings. The topological polar surface area (TPSA) is 41.5 Å². The minimum absolute atomic E-state index is 0.102. The first kappa shape index (κ1) is 9.03. The van der Waals surface area contributed by atoms with Gasteiger partial charge in [0.05, 0.1) is 6.61 Å². The molecule has 2 atom stereocenters. The fourth-order valence-corrected chi connectivity index (χ4v) is 2.12. The van der Waals surface area contributed by atoms with E-state index in [1.54, 1.807) is 0 Å². The highest BCUT2D eigenvalue weighted by Crippen LogP contribution is 2.32. The fourth-order valence-electron chi connectivity index (χ4n) is 2.12. The number of rotatable bonds is 1. The van der Waals surface area contributed by atoms with E-state index in [0.29, 0.717) is 0 Å². The Balaban J connectivity index is 2.16. The third-order valence-electron chi connectivity index (χ3n) is 3.03. The third-order valence-corrected chi connectivity index (χ3v) is 3.03. The second-order valence-corrected chi connectivity index (χ2v) is 3.91. The van der Waals surface area contributed by atoms with Gasteiger partial charge in [0.2, 0.25) is 0 Å². The zero-order chi connectivity index (χ0) is 9.31. The minimum atomic E-state index is -0.755. The van der Waals surface area contributed by atoms with Crippen LogP contribution in [0.1, 0.15) is 26.2 Å². The summed E-state index contributed by atoms with van der Waals surface area (Å²) < 4.78 is 5.44. The molecule has 2 unspecified atom stereocenters. The normalized spacial score (nSPS) is 39.8. The second-order valence-electron chi connectivity index (χ2n) is 3.91. The summed E-state index contributed by atoms with van der Waals surface area (Å²) in [7, 11) is 0. The van der Waals surface area contributed by atoms with Gasteiger partial charge in [-0.05, 0) is 32.4 Å². The Bertz CT molecular complexity index is 227. The molecule has 2 N–H and O–H groups in total. The van der Waals surface area contributed by atoms with E-state index >= 15 is 0 Å². The van der Waals surface area contributed by atoms with E-state index in [4.69, 9.17) is 4.74 Å². The van der Waals surface area contributed by atoms with Gasteiger partial charge in [0.1, 0.15) is 11.4 Å². The summed E-state index contributed by atoms with van der Waals surface area (Å²) in [5.74, 6) is 0.784. The van der Waals surface area contributed by atoms with Crippen LogP contribution in [-0.2, 0) is 4.74 Å². The second kappa shape index (κ2) is 3.31. The van der Waals surface area contributed by atoms with E-state index in [1.807, 2.05) is 13.0 Å². The van der Waals surface area contributed by atoms with Crippen LogP contribution in [0, 0.1) is 0 Å². The Morgan fingerprint density at radius 3 is 3.15 bits per heavy atom. The molecule has 3 heteroatoms. The molecule has 2 rings (SSSR count). The Kier molecular flexibility index (Phi) is 2.30. The van der Waals surface area contributed by atoms with Gasteiger partial charge in [-0.25, -0.2) is 0 Å². The first-order valence-electron chi connectivity index (χ1n) is 5.03. The van der Waals surface area contributed by atoms with E-state index in [1.165, 1.54) is 0 Å². The molecule has 0 aromatic carbocycles. The van der Waals surface area contributed by atoms with Crippen LogP contribution in [0.4, 0.5) is 0 Å². The molecular formula is C10H17NO2. The van der Waals surface area contributed by atoms with Crippen molar-refractivity contribution in [2.24, 2.45) is 0 Å². The highest BCUT2D eigenvalue weighted by atomic mass is 16.5. The zero-order valence-corrected chi connectivity index (χ0v) is 8.05. The number of hydrogen-bond donors (Lipinski definition) is 2. The van der Waals surface area contributed by atoms with Crippen molar-refractivity contribution in [2.75, 3.05) is 13.2 Å². The SMILES string of the molecule is CC1NCCCC1(O)C1=CCCO1. The minimum Gasteiger partial charge on any atom is -0.495 e. The average Bonchev–Trinajstić information content (AvgIpc) is 2.63. The number of piperidine rings is 1. The summed E-state index contributed by atoms with van der Waals surface area (Å²) in [4.78, 5) is 0. The van der Waals surface area contributed by atoms with Gasteiger partial charge < -0.3 is 15.2 Å². The summed E-state index contributed by atoms with van der Waals surface area (Å²) in [5.41, 5.74) is -0.755. The predicted octanol–water partition coefficient (Wildman–Crippen LogP) is 0.794. The van der Waals surface area contributed by atoms with Crippen molar-refractivity contribution in [1.29, 1.82) is 0 Å². The van der Waals surface area contributed by atoms with Gasteiger partial charge in [0.25, 0.3) is 0 Å². The average molecular weight is 183 g/mol. The van der Waals surface area contributed by atoms with Crippen LogP contribution in [-0.4, -0.2) is 29.9 Å². The van der Waals surface area contributed by atoms with Crippen molar-refractivity contribution in [2.45, 2.75) is 37.8 Å². The van der Waals surface area contributed by atoms with Crippen molar-refractivity contribution in [3.05, 3.63) is 11.8 Å². The van der Waals surface area contributed by atoms with Crippen molar-refractivity contribution >= 4 is 0 Å². The van der Waals surface area contributed by atoms with Crippen molar-refractivity contribution in [1.82, 2.24) is 5.32 Å². The van der Waals surface area contributed by atoms with Gasteiger partial charge in [0, 0.05) is 12.5 Å². The molecule has 0 aromatic heterocycles. The van der Waals surface area contributed by atoms with Gasteiger partial charge >= 0.3 is 0 Å². The summed E-state index contributed by atoms with van der Waals surface area (Å²) in [5, 5.41) is 13.7. The molecule has 1 saturated heterocycles. The van der Waals surface area contributed by atoms with Gasteiger partial charge in [-0.1, -0.05) is 0 Å². The molecule has 2 aliphatic heterocycles. The Morgan fingerprint density at radius 2 is 2.54 bits per heavy atom. The largest absolute Gasteiger partial charge is 0.495 e. The number of hydrogen-bond acceptors (Lipinski definition) is 3. The van der Waals surface area contributed by atoms with Crippen LogP contribution < -0.4 is 5.32 Å². The first-order chi connectivity index (χ1) is 6.23. The number of aliphatic hydroxyl groups is 1.